The molecule has 0 aliphatic rings. The number of furan rings is 1. The Hall–Kier alpha value is -2.76. The van der Waals surface area contributed by atoms with Gasteiger partial charge in [0.1, 0.15) is 17.3 Å². The van der Waals surface area contributed by atoms with E-state index in [1.54, 1.807) is 20.5 Å². The smallest absolute Gasteiger partial charge is 0.216 e. The van der Waals surface area contributed by atoms with Crippen LogP contribution in [-0.2, 0) is 13.0 Å². The van der Waals surface area contributed by atoms with Gasteiger partial charge in [0.05, 0.1) is 20.5 Å². The van der Waals surface area contributed by atoms with Crippen molar-refractivity contribution in [1.82, 2.24) is 25.4 Å². The van der Waals surface area contributed by atoms with Crippen LogP contribution in [0.3, 0.4) is 0 Å². The van der Waals surface area contributed by atoms with Crippen LogP contribution in [0.5, 0.6) is 11.5 Å². The number of halogens is 1. The molecule has 9 nitrogen and oxygen atoms in total. The molecule has 0 aliphatic carbocycles. The molecular weight excluding hydrogens is 511 g/mol. The molecular formula is C21H29IN6O3. The van der Waals surface area contributed by atoms with Crippen LogP contribution in [0.2, 0.25) is 0 Å². The SMILES string of the molecule is CCNC(=NCCc1nc(-c2ccco2)n[nH]1)N(C)Cc1ccc(OC)cc1OC.I. The Labute approximate surface area is 199 Å². The minimum absolute atomic E-state index is 0. The lowest BCUT2D eigenvalue weighted by Crippen LogP contribution is -2.38. The van der Waals surface area contributed by atoms with Gasteiger partial charge in [-0.25, -0.2) is 4.98 Å². The molecule has 1 aromatic carbocycles. The molecule has 0 fully saturated rings. The molecule has 3 aromatic rings. The number of benzene rings is 1. The Morgan fingerprint density at radius 2 is 2.10 bits per heavy atom. The van der Waals surface area contributed by atoms with E-state index >= 15 is 0 Å². The summed E-state index contributed by atoms with van der Waals surface area (Å²) in [6.45, 7) is 4.03. The molecule has 0 saturated heterocycles. The average Bonchev–Trinajstić information content (AvgIpc) is 3.45. The summed E-state index contributed by atoms with van der Waals surface area (Å²) >= 11 is 0. The highest BCUT2D eigenvalue weighted by Gasteiger charge is 2.12. The van der Waals surface area contributed by atoms with Gasteiger partial charge in [-0.3, -0.25) is 10.1 Å². The Morgan fingerprint density at radius 1 is 1.26 bits per heavy atom. The minimum Gasteiger partial charge on any atom is -0.497 e. The molecule has 0 atom stereocenters. The van der Waals surface area contributed by atoms with Crippen LogP contribution in [0.25, 0.3) is 11.6 Å². The Morgan fingerprint density at radius 3 is 2.77 bits per heavy atom. The number of rotatable bonds is 9. The second-order valence-electron chi connectivity index (χ2n) is 6.60. The quantitative estimate of drug-likeness (QED) is 0.244. The van der Waals surface area contributed by atoms with Crippen LogP contribution in [-0.4, -0.2) is 60.4 Å². The molecule has 10 heteroatoms. The van der Waals surface area contributed by atoms with Gasteiger partial charge < -0.3 is 24.1 Å². The Bertz CT molecular complexity index is 958. The second kappa shape index (κ2) is 12.2. The van der Waals surface area contributed by atoms with Crippen LogP contribution < -0.4 is 14.8 Å². The van der Waals surface area contributed by atoms with Crippen molar-refractivity contribution in [2.75, 3.05) is 34.4 Å². The van der Waals surface area contributed by atoms with Gasteiger partial charge in [-0.2, -0.15) is 5.10 Å². The second-order valence-corrected chi connectivity index (χ2v) is 6.60. The fraction of sp³-hybridized carbons (Fsp3) is 0.381. The third-order valence-corrected chi connectivity index (χ3v) is 4.48. The van der Waals surface area contributed by atoms with Crippen LogP contribution in [0.4, 0.5) is 0 Å². The van der Waals surface area contributed by atoms with Crippen molar-refractivity contribution in [3.8, 4) is 23.1 Å². The summed E-state index contributed by atoms with van der Waals surface area (Å²) in [5, 5.41) is 10.5. The number of methoxy groups -OCH3 is 2. The molecule has 3 rings (SSSR count). The van der Waals surface area contributed by atoms with Crippen molar-refractivity contribution in [2.24, 2.45) is 4.99 Å². The van der Waals surface area contributed by atoms with Gasteiger partial charge in [0, 0.05) is 44.7 Å². The topological polar surface area (TPSA) is 101 Å². The van der Waals surface area contributed by atoms with Gasteiger partial charge in [0.15, 0.2) is 11.7 Å². The normalized spacial score (nSPS) is 11.0. The molecule has 0 saturated carbocycles. The molecule has 0 unspecified atom stereocenters. The van der Waals surface area contributed by atoms with E-state index in [0.717, 1.165) is 35.4 Å². The first-order chi connectivity index (χ1) is 14.6. The number of hydrogen-bond acceptors (Lipinski definition) is 6. The van der Waals surface area contributed by atoms with Gasteiger partial charge in [-0.15, -0.1) is 24.0 Å². The van der Waals surface area contributed by atoms with Crippen molar-refractivity contribution < 1.29 is 13.9 Å². The monoisotopic (exact) mass is 540 g/mol. The molecule has 2 N–H and O–H groups in total. The number of H-pyrrole nitrogens is 1. The maximum Gasteiger partial charge on any atom is 0.216 e. The number of hydrogen-bond donors (Lipinski definition) is 2. The highest BCUT2D eigenvalue weighted by molar-refractivity contribution is 14.0. The van der Waals surface area contributed by atoms with E-state index in [1.807, 2.05) is 44.3 Å². The lowest BCUT2D eigenvalue weighted by atomic mass is 10.2. The van der Waals surface area contributed by atoms with Gasteiger partial charge in [-0.1, -0.05) is 0 Å². The zero-order valence-corrected chi connectivity index (χ0v) is 20.5. The zero-order valence-electron chi connectivity index (χ0n) is 18.2. The first-order valence-electron chi connectivity index (χ1n) is 9.80. The summed E-state index contributed by atoms with van der Waals surface area (Å²) in [5.74, 6) is 4.31. The highest BCUT2D eigenvalue weighted by atomic mass is 127. The maximum absolute atomic E-state index is 5.51. The molecule has 0 aliphatic heterocycles. The minimum atomic E-state index is 0. The van der Waals surface area contributed by atoms with Crippen LogP contribution in [0.1, 0.15) is 18.3 Å². The van der Waals surface area contributed by atoms with Gasteiger partial charge >= 0.3 is 0 Å². The number of nitrogens with one attached hydrogen (secondary N) is 2. The average molecular weight is 540 g/mol. The number of nitrogens with zero attached hydrogens (tertiary/aromatic N) is 4. The number of aromatic nitrogens is 3. The van der Waals surface area contributed by atoms with Crippen LogP contribution in [0, 0.1) is 0 Å². The number of aromatic amines is 1. The Balaban J connectivity index is 0.00000341. The third-order valence-electron chi connectivity index (χ3n) is 4.48. The van der Waals surface area contributed by atoms with E-state index in [9.17, 15) is 0 Å². The molecule has 2 heterocycles. The molecule has 168 valence electrons. The van der Waals surface area contributed by atoms with Crippen LogP contribution in [0.15, 0.2) is 46.0 Å². The number of ether oxygens (including phenoxy) is 2. The number of aliphatic imine (C=N–C) groups is 1. The van der Waals surface area contributed by atoms with Crippen molar-refractivity contribution >= 4 is 29.9 Å². The Kier molecular flexibility index (Phi) is 9.63. The van der Waals surface area contributed by atoms with E-state index in [1.165, 1.54) is 0 Å². The first-order valence-corrected chi connectivity index (χ1v) is 9.80. The van der Waals surface area contributed by atoms with E-state index in [0.29, 0.717) is 31.1 Å². The predicted molar refractivity (Wildman–Crippen MR) is 130 cm³/mol. The third kappa shape index (κ3) is 6.61. The van der Waals surface area contributed by atoms with E-state index in [-0.39, 0.29) is 24.0 Å². The van der Waals surface area contributed by atoms with Crippen molar-refractivity contribution in [3.63, 3.8) is 0 Å². The fourth-order valence-corrected chi connectivity index (χ4v) is 2.97. The summed E-state index contributed by atoms with van der Waals surface area (Å²) in [5.41, 5.74) is 1.05. The van der Waals surface area contributed by atoms with Crippen molar-refractivity contribution in [1.29, 1.82) is 0 Å². The molecule has 0 spiro atoms. The fourth-order valence-electron chi connectivity index (χ4n) is 2.97. The van der Waals surface area contributed by atoms with E-state index in [2.05, 4.69) is 25.4 Å². The first kappa shape index (κ1) is 24.5. The molecule has 0 radical (unpaired) electrons. The maximum atomic E-state index is 5.51. The predicted octanol–water partition coefficient (Wildman–Crippen LogP) is 3.34. The summed E-state index contributed by atoms with van der Waals surface area (Å²) in [6.07, 6.45) is 2.24. The lowest BCUT2D eigenvalue weighted by molar-refractivity contribution is 0.382. The lowest BCUT2D eigenvalue weighted by Gasteiger charge is -2.23. The summed E-state index contributed by atoms with van der Waals surface area (Å²) in [7, 11) is 5.29. The van der Waals surface area contributed by atoms with E-state index in [4.69, 9.17) is 18.9 Å². The molecule has 31 heavy (non-hydrogen) atoms. The number of guanidine groups is 1. The molecule has 0 amide bonds. The summed E-state index contributed by atoms with van der Waals surface area (Å²) in [6, 6.07) is 9.45. The standard InChI is InChI=1S/C21H28N6O3.HI/c1-5-22-21(27(2)14-15-8-9-16(28-3)13-18(15)29-4)23-11-10-19-24-20(26-25-19)17-7-6-12-30-17;/h6-9,12-13H,5,10-11,14H2,1-4H3,(H,22,23)(H,24,25,26);1H. The van der Waals surface area contributed by atoms with Gasteiger partial charge in [-0.05, 0) is 31.2 Å². The summed E-state index contributed by atoms with van der Waals surface area (Å²) in [4.78, 5) is 11.2. The summed E-state index contributed by atoms with van der Waals surface area (Å²) < 4.78 is 16.1. The van der Waals surface area contributed by atoms with Gasteiger partial charge in [0.25, 0.3) is 0 Å². The van der Waals surface area contributed by atoms with E-state index < -0.39 is 0 Å². The van der Waals surface area contributed by atoms with Gasteiger partial charge in [0.2, 0.25) is 5.82 Å². The largest absolute Gasteiger partial charge is 0.497 e. The van der Waals surface area contributed by atoms with Crippen molar-refractivity contribution in [3.05, 3.63) is 48.0 Å². The van der Waals surface area contributed by atoms with Crippen molar-refractivity contribution in [2.45, 2.75) is 19.9 Å². The zero-order chi connectivity index (χ0) is 21.3. The molecule has 0 bridgehead atoms. The highest BCUT2D eigenvalue weighted by Crippen LogP contribution is 2.25. The van der Waals surface area contributed by atoms with Crippen LogP contribution >= 0.6 is 24.0 Å². The molecule has 2 aromatic heterocycles.